The van der Waals surface area contributed by atoms with Crippen LogP contribution < -0.4 is 5.73 Å². The number of methoxy groups -OCH3 is 1. The van der Waals surface area contributed by atoms with Gasteiger partial charge in [0.2, 0.25) is 0 Å². The van der Waals surface area contributed by atoms with Gasteiger partial charge < -0.3 is 20.0 Å². The topological polar surface area (TPSA) is 81.8 Å². The Morgan fingerprint density at radius 3 is 2.05 bits per heavy atom. The van der Waals surface area contributed by atoms with Gasteiger partial charge in [-0.3, -0.25) is 4.79 Å². The number of amides is 1. The molecule has 0 aliphatic heterocycles. The Balaban J connectivity index is 5.63. The minimum absolute atomic E-state index is 0.0961. The average molecular weight is 303 g/mol. The number of aliphatic hydroxyl groups is 1. The molecule has 6 heteroatoms. The average Bonchev–Trinajstić information content (AvgIpc) is 2.26. The van der Waals surface area contributed by atoms with Crippen LogP contribution in [0.3, 0.4) is 0 Å². The molecular weight excluding hydrogens is 274 g/mol. The molecule has 0 heterocycles. The summed E-state index contributed by atoms with van der Waals surface area (Å²) in [5.74, 6) is -0.657. The fourth-order valence-corrected chi connectivity index (χ4v) is 3.33. The van der Waals surface area contributed by atoms with Crippen LogP contribution in [0.4, 0.5) is 0 Å². The van der Waals surface area contributed by atoms with Crippen molar-refractivity contribution < 1.29 is 19.1 Å². The summed E-state index contributed by atoms with van der Waals surface area (Å²) in [5.41, 5.74) is 4.11. The Morgan fingerprint density at radius 2 is 1.80 bits per heavy atom. The molecule has 1 unspecified atom stereocenters. The van der Waals surface area contributed by atoms with Crippen molar-refractivity contribution in [3.63, 3.8) is 0 Å². The zero-order valence-electron chi connectivity index (χ0n) is 13.7. The van der Waals surface area contributed by atoms with Gasteiger partial charge in [-0.1, -0.05) is 26.8 Å². The lowest BCUT2D eigenvalue weighted by molar-refractivity contribution is -0.155. The molecule has 0 rings (SSSR count). The summed E-state index contributed by atoms with van der Waals surface area (Å²) in [6, 6.07) is 0. The van der Waals surface area contributed by atoms with Crippen LogP contribution in [0.15, 0.2) is 12.7 Å². The van der Waals surface area contributed by atoms with Gasteiger partial charge in [-0.2, -0.15) is 0 Å². The molecule has 0 fully saturated rings. The molecule has 0 aromatic heterocycles. The van der Waals surface area contributed by atoms with Crippen LogP contribution >= 0.6 is 0 Å². The lowest BCUT2D eigenvalue weighted by atomic mass is 9.94. The third-order valence-corrected chi connectivity index (χ3v) is 8.66. The number of ether oxygens (including phenoxy) is 1. The van der Waals surface area contributed by atoms with Crippen LogP contribution in [-0.2, 0) is 14.0 Å². The molecule has 0 aliphatic carbocycles. The van der Waals surface area contributed by atoms with Crippen LogP contribution in [-0.4, -0.2) is 44.2 Å². The highest BCUT2D eigenvalue weighted by atomic mass is 28.4. The molecule has 3 atom stereocenters. The maximum Gasteiger partial charge on any atom is 0.251 e. The number of carbonyl (C=O) groups excluding carboxylic acids is 1. The first-order valence-electron chi connectivity index (χ1n) is 6.67. The quantitative estimate of drug-likeness (QED) is 0.555. The van der Waals surface area contributed by atoms with E-state index < -0.39 is 32.0 Å². The number of primary amides is 1. The van der Waals surface area contributed by atoms with E-state index in [0.29, 0.717) is 0 Å². The monoisotopic (exact) mass is 303 g/mol. The minimum Gasteiger partial charge on any atom is -0.401 e. The Bertz CT molecular complexity index is 365. The lowest BCUT2D eigenvalue weighted by Gasteiger charge is -2.45. The van der Waals surface area contributed by atoms with E-state index in [2.05, 4.69) is 27.4 Å². The van der Waals surface area contributed by atoms with Crippen molar-refractivity contribution in [1.82, 2.24) is 0 Å². The van der Waals surface area contributed by atoms with E-state index in [-0.39, 0.29) is 5.04 Å². The summed E-state index contributed by atoms with van der Waals surface area (Å²) in [4.78, 5) is 11.9. The number of carbonyl (C=O) groups is 1. The molecule has 0 aromatic carbocycles. The first-order valence-corrected chi connectivity index (χ1v) is 9.58. The first kappa shape index (κ1) is 19.3. The molecule has 0 aromatic rings. The van der Waals surface area contributed by atoms with Gasteiger partial charge in [0.25, 0.3) is 5.91 Å². The van der Waals surface area contributed by atoms with Crippen molar-refractivity contribution in [2.24, 2.45) is 5.73 Å². The highest BCUT2D eigenvalue weighted by Crippen LogP contribution is 2.40. The molecule has 20 heavy (non-hydrogen) atoms. The number of aliphatic hydroxyl groups excluding tert-OH is 1. The van der Waals surface area contributed by atoms with Gasteiger partial charge in [0.05, 0.1) is 0 Å². The van der Waals surface area contributed by atoms with Crippen molar-refractivity contribution in [2.45, 2.75) is 63.6 Å². The molecule has 0 aliphatic rings. The van der Waals surface area contributed by atoms with Crippen LogP contribution in [0.25, 0.3) is 0 Å². The molecule has 0 saturated carbocycles. The van der Waals surface area contributed by atoms with Gasteiger partial charge in [-0.05, 0) is 25.1 Å². The molecule has 0 radical (unpaired) electrons. The molecule has 118 valence electrons. The van der Waals surface area contributed by atoms with Gasteiger partial charge in [-0.25, -0.2) is 0 Å². The lowest BCUT2D eigenvalue weighted by Crippen LogP contribution is -2.62. The second kappa shape index (κ2) is 6.38. The van der Waals surface area contributed by atoms with Gasteiger partial charge in [-0.15, -0.1) is 6.58 Å². The molecule has 0 saturated heterocycles. The van der Waals surface area contributed by atoms with Crippen molar-refractivity contribution in [1.29, 1.82) is 0 Å². The third kappa shape index (κ3) is 3.91. The normalized spacial score (nSPS) is 19.0. The highest BCUT2D eigenvalue weighted by molar-refractivity contribution is 6.74. The van der Waals surface area contributed by atoms with E-state index in [1.54, 1.807) is 6.92 Å². The van der Waals surface area contributed by atoms with Crippen LogP contribution in [0.1, 0.15) is 27.7 Å². The largest absolute Gasteiger partial charge is 0.401 e. The zero-order chi connectivity index (χ0) is 16.4. The van der Waals surface area contributed by atoms with Crippen LogP contribution in [0.5, 0.6) is 0 Å². The second-order valence-corrected chi connectivity index (χ2v) is 11.4. The van der Waals surface area contributed by atoms with E-state index in [1.165, 1.54) is 13.2 Å². The number of hydrogen-bond donors (Lipinski definition) is 2. The van der Waals surface area contributed by atoms with Gasteiger partial charge in [0, 0.05) is 7.11 Å². The van der Waals surface area contributed by atoms with E-state index in [9.17, 15) is 9.90 Å². The highest BCUT2D eigenvalue weighted by Gasteiger charge is 2.51. The van der Waals surface area contributed by atoms with Crippen molar-refractivity contribution in [3.8, 4) is 0 Å². The molecule has 5 nitrogen and oxygen atoms in total. The summed E-state index contributed by atoms with van der Waals surface area (Å²) >= 11 is 0. The Labute approximate surface area is 123 Å². The summed E-state index contributed by atoms with van der Waals surface area (Å²) in [6.07, 6.45) is -0.626. The van der Waals surface area contributed by atoms with Gasteiger partial charge in [0.15, 0.2) is 13.9 Å². The number of nitrogens with two attached hydrogens (primary N) is 1. The van der Waals surface area contributed by atoms with Crippen molar-refractivity contribution in [3.05, 3.63) is 12.7 Å². The fourth-order valence-electron chi connectivity index (χ4n) is 1.75. The summed E-state index contributed by atoms with van der Waals surface area (Å²) < 4.78 is 11.4. The molecule has 1 amide bonds. The molecular formula is C14H29NO4Si. The second-order valence-electron chi connectivity index (χ2n) is 6.72. The molecule has 0 bridgehead atoms. The standard InChI is InChI=1S/C14H29NO4Si/c1-9-10(16)11(18-6)14(5,12(15)17)19-20(7,8)13(2,3)4/h9-11,16H,1H2,2-8H3,(H2,15,17)/t10-,11?,14-/m0/s1. The predicted molar refractivity (Wildman–Crippen MR) is 82.9 cm³/mol. The van der Waals surface area contributed by atoms with E-state index >= 15 is 0 Å². The SMILES string of the molecule is C=C[C@H](O)C(OC)[C@](C)(O[Si](C)(C)C(C)(C)C)C(N)=O. The van der Waals surface area contributed by atoms with Crippen LogP contribution in [0, 0.1) is 0 Å². The summed E-state index contributed by atoms with van der Waals surface area (Å²) in [7, 11) is -0.857. The first-order chi connectivity index (χ1) is 8.83. The van der Waals surface area contributed by atoms with Crippen molar-refractivity contribution in [2.75, 3.05) is 7.11 Å². The third-order valence-electron chi connectivity index (χ3n) is 4.11. The van der Waals surface area contributed by atoms with Crippen LogP contribution in [0.2, 0.25) is 18.1 Å². The Morgan fingerprint density at radius 1 is 1.35 bits per heavy atom. The maximum atomic E-state index is 11.9. The predicted octanol–water partition coefficient (Wildman–Crippen LogP) is 1.81. The van der Waals surface area contributed by atoms with E-state index in [1.807, 2.05) is 13.1 Å². The Hall–Kier alpha value is -0.693. The fraction of sp³-hybridized carbons (Fsp3) is 0.786. The number of rotatable bonds is 7. The van der Waals surface area contributed by atoms with E-state index in [4.69, 9.17) is 14.9 Å². The maximum absolute atomic E-state index is 11.9. The zero-order valence-corrected chi connectivity index (χ0v) is 14.7. The van der Waals surface area contributed by atoms with Crippen molar-refractivity contribution >= 4 is 14.2 Å². The smallest absolute Gasteiger partial charge is 0.251 e. The molecule has 3 N–H and O–H groups in total. The summed E-state index contributed by atoms with van der Waals surface area (Å²) in [5, 5.41) is 9.89. The van der Waals surface area contributed by atoms with E-state index in [0.717, 1.165) is 0 Å². The molecule has 0 spiro atoms. The number of hydrogen-bond acceptors (Lipinski definition) is 4. The minimum atomic E-state index is -2.27. The Kier molecular flexibility index (Phi) is 6.16. The van der Waals surface area contributed by atoms with Gasteiger partial charge >= 0.3 is 0 Å². The van der Waals surface area contributed by atoms with Gasteiger partial charge in [0.1, 0.15) is 12.2 Å². The summed E-state index contributed by atoms with van der Waals surface area (Å²) in [6.45, 7) is 15.3.